The molecule has 2 atom stereocenters. The van der Waals surface area contributed by atoms with Crippen LogP contribution >= 0.6 is 0 Å². The smallest absolute Gasteiger partial charge is 0.246 e. The minimum absolute atomic E-state index is 0.125. The van der Waals surface area contributed by atoms with Gasteiger partial charge in [-0.2, -0.15) is 4.31 Å². The fourth-order valence-corrected chi connectivity index (χ4v) is 5.94. The third-order valence-electron chi connectivity index (χ3n) is 5.01. The van der Waals surface area contributed by atoms with Crippen molar-refractivity contribution in [2.45, 2.75) is 48.8 Å². The van der Waals surface area contributed by atoms with Gasteiger partial charge in [0.15, 0.2) is 0 Å². The number of halogens is 2. The molecule has 0 spiro atoms. The van der Waals surface area contributed by atoms with E-state index in [-0.39, 0.29) is 18.2 Å². The standard InChI is InChI=1S/C18H18F2N2O3S/c19-12-3-6-17(20)18(8-12)26(23,24)22-13-4-5-14(22)10-16(9-13)25-15-2-1-7-21-11-15/h1-3,6-8,11,13-14,16H,4-5,9-10H2. The number of ether oxygens (including phenoxy) is 1. The molecule has 3 heterocycles. The molecule has 2 aromatic rings. The molecule has 138 valence electrons. The molecule has 0 amide bonds. The highest BCUT2D eigenvalue weighted by atomic mass is 32.2. The van der Waals surface area contributed by atoms with Gasteiger partial charge in [-0.05, 0) is 43.2 Å². The summed E-state index contributed by atoms with van der Waals surface area (Å²) in [5.74, 6) is -1.06. The summed E-state index contributed by atoms with van der Waals surface area (Å²) in [6.07, 6.45) is 5.55. The van der Waals surface area contributed by atoms with Gasteiger partial charge in [0, 0.05) is 31.1 Å². The summed E-state index contributed by atoms with van der Waals surface area (Å²) in [7, 11) is -4.10. The first kappa shape index (κ1) is 17.4. The summed E-state index contributed by atoms with van der Waals surface area (Å²) in [6, 6.07) is 5.55. The van der Waals surface area contributed by atoms with E-state index in [0.717, 1.165) is 18.2 Å². The van der Waals surface area contributed by atoms with Crippen LogP contribution in [0.1, 0.15) is 25.7 Å². The summed E-state index contributed by atoms with van der Waals surface area (Å²) >= 11 is 0. The number of hydrogen-bond acceptors (Lipinski definition) is 4. The van der Waals surface area contributed by atoms with E-state index in [1.165, 1.54) is 4.31 Å². The van der Waals surface area contributed by atoms with Crippen molar-refractivity contribution in [3.8, 4) is 5.75 Å². The van der Waals surface area contributed by atoms with Crippen LogP contribution in [0.25, 0.3) is 0 Å². The maximum Gasteiger partial charge on any atom is 0.246 e. The van der Waals surface area contributed by atoms with E-state index in [2.05, 4.69) is 4.98 Å². The van der Waals surface area contributed by atoms with Crippen molar-refractivity contribution in [2.24, 2.45) is 0 Å². The first-order valence-corrected chi connectivity index (χ1v) is 9.94. The van der Waals surface area contributed by atoms with Crippen LogP contribution in [0.3, 0.4) is 0 Å². The molecule has 1 aromatic heterocycles. The number of aromatic nitrogens is 1. The zero-order valence-corrected chi connectivity index (χ0v) is 14.7. The SMILES string of the molecule is O=S(=O)(c1cc(F)ccc1F)N1C2CCC1CC(Oc1cccnc1)C2. The number of sulfonamides is 1. The Kier molecular flexibility index (Phi) is 4.40. The number of nitrogens with zero attached hydrogens (tertiary/aromatic N) is 2. The number of hydrogen-bond donors (Lipinski definition) is 0. The topological polar surface area (TPSA) is 59.5 Å². The van der Waals surface area contributed by atoms with Gasteiger partial charge in [0.25, 0.3) is 0 Å². The number of rotatable bonds is 4. The first-order chi connectivity index (χ1) is 12.4. The van der Waals surface area contributed by atoms with Crippen molar-refractivity contribution in [3.63, 3.8) is 0 Å². The Bertz CT molecular complexity index is 894. The lowest BCUT2D eigenvalue weighted by Crippen LogP contribution is -2.49. The van der Waals surface area contributed by atoms with Crippen molar-refractivity contribution in [1.82, 2.24) is 9.29 Å². The lowest BCUT2D eigenvalue weighted by molar-refractivity contribution is 0.0952. The van der Waals surface area contributed by atoms with Gasteiger partial charge in [0.1, 0.15) is 28.4 Å². The summed E-state index contributed by atoms with van der Waals surface area (Å²) in [4.78, 5) is 3.41. The van der Waals surface area contributed by atoms with Crippen LogP contribution < -0.4 is 4.74 Å². The normalized spacial score (nSPS) is 26.0. The van der Waals surface area contributed by atoms with E-state index in [1.807, 2.05) is 0 Å². The minimum atomic E-state index is -4.10. The molecule has 8 heteroatoms. The Morgan fingerprint density at radius 2 is 1.85 bits per heavy atom. The van der Waals surface area contributed by atoms with Crippen molar-refractivity contribution < 1.29 is 21.9 Å². The van der Waals surface area contributed by atoms with Crippen molar-refractivity contribution in [3.05, 3.63) is 54.4 Å². The molecule has 0 radical (unpaired) electrons. The zero-order valence-electron chi connectivity index (χ0n) is 13.9. The van der Waals surface area contributed by atoms with Crippen LogP contribution in [0.2, 0.25) is 0 Å². The average molecular weight is 380 g/mol. The molecule has 1 aromatic carbocycles. The molecule has 2 aliphatic rings. The highest BCUT2D eigenvalue weighted by molar-refractivity contribution is 7.89. The second kappa shape index (κ2) is 6.59. The maximum absolute atomic E-state index is 14.1. The van der Waals surface area contributed by atoms with Gasteiger partial charge < -0.3 is 4.74 Å². The molecule has 2 unspecified atom stereocenters. The monoisotopic (exact) mass is 380 g/mol. The van der Waals surface area contributed by atoms with Gasteiger partial charge in [0.2, 0.25) is 10.0 Å². The van der Waals surface area contributed by atoms with E-state index in [9.17, 15) is 17.2 Å². The van der Waals surface area contributed by atoms with Gasteiger partial charge in [0.05, 0.1) is 6.20 Å². The second-order valence-electron chi connectivity index (χ2n) is 6.69. The molecule has 0 saturated carbocycles. The third kappa shape index (κ3) is 3.07. The van der Waals surface area contributed by atoms with Crippen LogP contribution in [0.5, 0.6) is 5.75 Å². The predicted molar refractivity (Wildman–Crippen MR) is 90.1 cm³/mol. The zero-order chi connectivity index (χ0) is 18.3. The summed E-state index contributed by atoms with van der Waals surface area (Å²) < 4.78 is 60.7. The fourth-order valence-electron chi connectivity index (χ4n) is 3.97. The predicted octanol–water partition coefficient (Wildman–Crippen LogP) is 3.12. The van der Waals surface area contributed by atoms with E-state index in [4.69, 9.17) is 4.74 Å². The molecular formula is C18H18F2N2O3S. The number of fused-ring (bicyclic) bond motifs is 2. The molecule has 2 bridgehead atoms. The van der Waals surface area contributed by atoms with Gasteiger partial charge in [-0.3, -0.25) is 4.98 Å². The van der Waals surface area contributed by atoms with E-state index in [0.29, 0.717) is 31.4 Å². The van der Waals surface area contributed by atoms with Crippen LogP contribution in [-0.4, -0.2) is 35.9 Å². The molecule has 2 aliphatic heterocycles. The minimum Gasteiger partial charge on any atom is -0.489 e. The van der Waals surface area contributed by atoms with Gasteiger partial charge >= 0.3 is 0 Å². The lowest BCUT2D eigenvalue weighted by atomic mass is 10.0. The van der Waals surface area contributed by atoms with Gasteiger partial charge in [-0.15, -0.1) is 0 Å². The summed E-state index contributed by atoms with van der Waals surface area (Å²) in [5, 5.41) is 0. The Balaban J connectivity index is 1.57. The van der Waals surface area contributed by atoms with Crippen LogP contribution in [0, 0.1) is 11.6 Å². The van der Waals surface area contributed by atoms with Crippen molar-refractivity contribution in [2.75, 3.05) is 0 Å². The highest BCUT2D eigenvalue weighted by Gasteiger charge is 2.48. The molecule has 5 nitrogen and oxygen atoms in total. The van der Waals surface area contributed by atoms with Crippen LogP contribution in [0.15, 0.2) is 47.6 Å². The summed E-state index contributed by atoms with van der Waals surface area (Å²) in [5.41, 5.74) is 0. The number of benzene rings is 1. The molecular weight excluding hydrogens is 362 g/mol. The Morgan fingerprint density at radius 3 is 2.50 bits per heavy atom. The average Bonchev–Trinajstić information content (AvgIpc) is 2.90. The van der Waals surface area contributed by atoms with Crippen LogP contribution in [0.4, 0.5) is 8.78 Å². The molecule has 26 heavy (non-hydrogen) atoms. The van der Waals surface area contributed by atoms with Crippen molar-refractivity contribution in [1.29, 1.82) is 0 Å². The number of piperidine rings is 1. The molecule has 0 N–H and O–H groups in total. The van der Waals surface area contributed by atoms with Crippen LogP contribution in [-0.2, 0) is 10.0 Å². The van der Waals surface area contributed by atoms with E-state index < -0.39 is 26.6 Å². The second-order valence-corrected chi connectivity index (χ2v) is 8.51. The largest absolute Gasteiger partial charge is 0.489 e. The molecule has 0 aliphatic carbocycles. The van der Waals surface area contributed by atoms with E-state index in [1.54, 1.807) is 24.5 Å². The highest BCUT2D eigenvalue weighted by Crippen LogP contribution is 2.41. The number of pyridine rings is 1. The lowest BCUT2D eigenvalue weighted by Gasteiger charge is -2.37. The van der Waals surface area contributed by atoms with E-state index >= 15 is 0 Å². The molecule has 4 rings (SSSR count). The van der Waals surface area contributed by atoms with Gasteiger partial charge in [-0.1, -0.05) is 0 Å². The first-order valence-electron chi connectivity index (χ1n) is 8.50. The third-order valence-corrected chi connectivity index (χ3v) is 7.03. The Labute approximate surface area is 150 Å². The fraction of sp³-hybridized carbons (Fsp3) is 0.389. The Morgan fingerprint density at radius 1 is 1.12 bits per heavy atom. The molecule has 2 saturated heterocycles. The molecule has 2 fully saturated rings. The van der Waals surface area contributed by atoms with Gasteiger partial charge in [-0.25, -0.2) is 17.2 Å². The van der Waals surface area contributed by atoms with Crippen molar-refractivity contribution >= 4 is 10.0 Å². The maximum atomic E-state index is 14.1. The summed E-state index contributed by atoms with van der Waals surface area (Å²) in [6.45, 7) is 0. The quantitative estimate of drug-likeness (QED) is 0.818. The Hall–Kier alpha value is -2.06.